The fourth-order valence-electron chi connectivity index (χ4n) is 2.54. The highest BCUT2D eigenvalue weighted by Gasteiger charge is 2.59. The van der Waals surface area contributed by atoms with Gasteiger partial charge in [0.05, 0.1) is 7.11 Å². The van der Waals surface area contributed by atoms with Gasteiger partial charge < -0.3 is 10.1 Å². The Bertz CT molecular complexity index is 260. The molecule has 0 amide bonds. The summed E-state index contributed by atoms with van der Waals surface area (Å²) in [4.78, 5) is 11.1. The number of halogens is 2. The van der Waals surface area contributed by atoms with Crippen LogP contribution in [0.3, 0.4) is 0 Å². The summed E-state index contributed by atoms with van der Waals surface area (Å²) in [6.45, 7) is 0.502. The highest BCUT2D eigenvalue weighted by Crippen LogP contribution is 2.56. The van der Waals surface area contributed by atoms with Crippen molar-refractivity contribution in [2.45, 2.75) is 31.2 Å². The summed E-state index contributed by atoms with van der Waals surface area (Å²) in [6.07, 6.45) is 0.288. The molecule has 1 saturated heterocycles. The van der Waals surface area contributed by atoms with Crippen molar-refractivity contribution < 1.29 is 18.3 Å². The number of hydrogen-bond acceptors (Lipinski definition) is 3. The molecule has 1 spiro atoms. The Labute approximate surface area is 80.8 Å². The molecule has 2 aliphatic rings. The quantitative estimate of drug-likeness (QED) is 0.647. The van der Waals surface area contributed by atoms with E-state index < -0.39 is 12.0 Å². The maximum Gasteiger partial charge on any atom is 0.322 e. The average Bonchev–Trinajstić information content (AvgIpc) is 2.45. The van der Waals surface area contributed by atoms with E-state index in [0.717, 1.165) is 0 Å². The molecular formula is C9H13F2NO2. The van der Waals surface area contributed by atoms with Crippen molar-refractivity contribution in [2.24, 2.45) is 5.41 Å². The molecular weight excluding hydrogens is 192 g/mol. The van der Waals surface area contributed by atoms with Gasteiger partial charge in [0.25, 0.3) is 0 Å². The molecule has 0 aromatic rings. The van der Waals surface area contributed by atoms with E-state index in [1.807, 2.05) is 0 Å². The third-order valence-electron chi connectivity index (χ3n) is 3.11. The predicted octanol–water partition coefficient (Wildman–Crippen LogP) is 0.937. The molecule has 0 radical (unpaired) electrons. The maximum atomic E-state index is 12.7. The number of rotatable bonds is 1. The summed E-state index contributed by atoms with van der Waals surface area (Å²) in [6, 6.07) is -0.393. The van der Waals surface area contributed by atoms with Crippen molar-refractivity contribution in [3.63, 3.8) is 0 Å². The summed E-state index contributed by atoms with van der Waals surface area (Å²) < 4.78 is 30.0. The van der Waals surface area contributed by atoms with Crippen LogP contribution in [0.5, 0.6) is 0 Å². The summed E-state index contributed by atoms with van der Waals surface area (Å²) in [5, 5.41) is 2.93. The highest BCUT2D eigenvalue weighted by molar-refractivity contribution is 5.76. The van der Waals surface area contributed by atoms with Crippen molar-refractivity contribution in [1.29, 1.82) is 0 Å². The molecule has 1 atom stereocenters. The van der Waals surface area contributed by atoms with Crippen LogP contribution in [0.15, 0.2) is 0 Å². The molecule has 1 unspecified atom stereocenters. The lowest BCUT2D eigenvalue weighted by atomic mass is 9.65. The number of methoxy groups -OCH3 is 1. The fourth-order valence-corrected chi connectivity index (χ4v) is 2.54. The molecule has 1 saturated carbocycles. The van der Waals surface area contributed by atoms with Crippen LogP contribution in [-0.2, 0) is 9.53 Å². The van der Waals surface area contributed by atoms with E-state index in [2.05, 4.69) is 10.1 Å². The first kappa shape index (κ1) is 9.83. The lowest BCUT2D eigenvalue weighted by Gasteiger charge is -2.44. The summed E-state index contributed by atoms with van der Waals surface area (Å²) in [5.74, 6) is -2.87. The Balaban J connectivity index is 1.93. The molecule has 0 bridgehead atoms. The van der Waals surface area contributed by atoms with Gasteiger partial charge in [0, 0.05) is 19.4 Å². The van der Waals surface area contributed by atoms with Gasteiger partial charge in [-0.25, -0.2) is 8.78 Å². The summed E-state index contributed by atoms with van der Waals surface area (Å²) >= 11 is 0. The summed E-state index contributed by atoms with van der Waals surface area (Å²) in [7, 11) is 1.31. The number of hydrogen-bond donors (Lipinski definition) is 1. The van der Waals surface area contributed by atoms with E-state index in [1.54, 1.807) is 0 Å². The second kappa shape index (κ2) is 2.89. The third kappa shape index (κ3) is 1.49. The van der Waals surface area contributed by atoms with E-state index in [9.17, 15) is 13.6 Å². The number of ether oxygens (including phenoxy) is 1. The zero-order valence-corrected chi connectivity index (χ0v) is 7.98. The molecule has 2 fully saturated rings. The Morgan fingerprint density at radius 1 is 1.50 bits per heavy atom. The summed E-state index contributed by atoms with van der Waals surface area (Å²) in [5.41, 5.74) is -0.359. The second-order valence-corrected chi connectivity index (χ2v) is 4.37. The van der Waals surface area contributed by atoms with E-state index in [-0.39, 0.29) is 24.2 Å². The molecule has 1 heterocycles. The molecule has 80 valence electrons. The van der Waals surface area contributed by atoms with Crippen LogP contribution in [0.25, 0.3) is 0 Å². The van der Waals surface area contributed by atoms with Crippen molar-refractivity contribution in [3.8, 4) is 0 Å². The molecule has 1 aliphatic heterocycles. The first-order valence-electron chi connectivity index (χ1n) is 4.65. The maximum absolute atomic E-state index is 12.7. The molecule has 5 heteroatoms. The minimum Gasteiger partial charge on any atom is -0.468 e. The van der Waals surface area contributed by atoms with Gasteiger partial charge in [0.15, 0.2) is 0 Å². The van der Waals surface area contributed by atoms with Crippen LogP contribution in [0.2, 0.25) is 0 Å². The Morgan fingerprint density at radius 2 is 2.14 bits per heavy atom. The molecule has 2 rings (SSSR count). The standard InChI is InChI=1S/C9H13F2NO2/c1-14-7(13)6-2-8(5-12-6)3-9(10,11)4-8/h6,12H,2-5H2,1H3. The van der Waals surface area contributed by atoms with E-state index in [1.165, 1.54) is 7.11 Å². The van der Waals surface area contributed by atoms with Crippen LogP contribution < -0.4 is 5.32 Å². The topological polar surface area (TPSA) is 38.3 Å². The van der Waals surface area contributed by atoms with Gasteiger partial charge >= 0.3 is 5.97 Å². The largest absolute Gasteiger partial charge is 0.468 e. The zero-order chi connectivity index (χ0) is 10.4. The Kier molecular flexibility index (Phi) is 2.03. The minimum absolute atomic E-state index is 0.0967. The van der Waals surface area contributed by atoms with E-state index in [0.29, 0.717) is 13.0 Å². The lowest BCUT2D eigenvalue weighted by Crippen LogP contribution is -2.47. The number of nitrogens with one attached hydrogen (secondary N) is 1. The first-order chi connectivity index (χ1) is 6.46. The fraction of sp³-hybridized carbons (Fsp3) is 0.889. The van der Waals surface area contributed by atoms with Gasteiger partial charge in [0.1, 0.15) is 6.04 Å². The molecule has 1 aliphatic carbocycles. The van der Waals surface area contributed by atoms with Gasteiger partial charge in [-0.1, -0.05) is 0 Å². The van der Waals surface area contributed by atoms with E-state index in [4.69, 9.17) is 0 Å². The van der Waals surface area contributed by atoms with Crippen molar-refractivity contribution in [2.75, 3.05) is 13.7 Å². The molecule has 0 aromatic heterocycles. The molecule has 0 aromatic carbocycles. The van der Waals surface area contributed by atoms with Crippen molar-refractivity contribution in [3.05, 3.63) is 0 Å². The minimum atomic E-state index is -2.52. The van der Waals surface area contributed by atoms with Crippen LogP contribution in [0.1, 0.15) is 19.3 Å². The van der Waals surface area contributed by atoms with Gasteiger partial charge in [-0.2, -0.15) is 0 Å². The van der Waals surface area contributed by atoms with E-state index >= 15 is 0 Å². The van der Waals surface area contributed by atoms with Crippen molar-refractivity contribution in [1.82, 2.24) is 5.32 Å². The molecule has 14 heavy (non-hydrogen) atoms. The van der Waals surface area contributed by atoms with Gasteiger partial charge in [-0.3, -0.25) is 4.79 Å². The number of carbonyl (C=O) groups is 1. The van der Waals surface area contributed by atoms with Crippen LogP contribution in [0, 0.1) is 5.41 Å². The lowest BCUT2D eigenvalue weighted by molar-refractivity contribution is -0.157. The third-order valence-corrected chi connectivity index (χ3v) is 3.11. The number of carbonyl (C=O) groups excluding carboxylic acids is 1. The number of alkyl halides is 2. The normalized spacial score (nSPS) is 32.6. The first-order valence-corrected chi connectivity index (χ1v) is 4.65. The SMILES string of the molecule is COC(=O)C1CC2(CN1)CC(F)(F)C2. The van der Waals surface area contributed by atoms with Crippen LogP contribution >= 0.6 is 0 Å². The zero-order valence-electron chi connectivity index (χ0n) is 7.98. The van der Waals surface area contributed by atoms with Crippen molar-refractivity contribution >= 4 is 5.97 Å². The highest BCUT2D eigenvalue weighted by atomic mass is 19.3. The smallest absolute Gasteiger partial charge is 0.322 e. The van der Waals surface area contributed by atoms with Gasteiger partial charge in [-0.15, -0.1) is 0 Å². The van der Waals surface area contributed by atoms with Crippen LogP contribution in [-0.4, -0.2) is 31.6 Å². The average molecular weight is 205 g/mol. The monoisotopic (exact) mass is 205 g/mol. The van der Waals surface area contributed by atoms with Crippen LogP contribution in [0.4, 0.5) is 8.78 Å². The van der Waals surface area contributed by atoms with Gasteiger partial charge in [0.2, 0.25) is 5.92 Å². The second-order valence-electron chi connectivity index (χ2n) is 4.37. The Morgan fingerprint density at radius 3 is 2.64 bits per heavy atom. The molecule has 3 nitrogen and oxygen atoms in total. The number of esters is 1. The predicted molar refractivity (Wildman–Crippen MR) is 45.0 cm³/mol. The molecule has 1 N–H and O–H groups in total. The van der Waals surface area contributed by atoms with Gasteiger partial charge in [-0.05, 0) is 11.8 Å². The Hall–Kier alpha value is -0.710.